The lowest BCUT2D eigenvalue weighted by Crippen LogP contribution is -1.96. The Bertz CT molecular complexity index is 203. The first-order chi connectivity index (χ1) is 4.24. The maximum Gasteiger partial charge on any atom is 0.338 e. The maximum atomic E-state index is 10.4. The second kappa shape index (κ2) is 1.93. The molecule has 0 bridgehead atoms. The van der Waals surface area contributed by atoms with Crippen molar-refractivity contribution in [2.45, 2.75) is 6.92 Å². The third-order valence-electron chi connectivity index (χ3n) is 1.03. The molecule has 0 aliphatic carbocycles. The Hall–Kier alpha value is -1.25. The number of nitrogens with two attached hydrogens (primary N) is 1. The van der Waals surface area contributed by atoms with E-state index < -0.39 is 0 Å². The molecule has 0 aromatic heterocycles. The molecule has 0 unspecified atom stereocenters. The van der Waals surface area contributed by atoms with E-state index in [-0.39, 0.29) is 5.97 Å². The van der Waals surface area contributed by atoms with Gasteiger partial charge in [-0.25, -0.2) is 4.79 Å². The average Bonchev–Trinajstić information content (AvgIpc) is 2.10. The summed E-state index contributed by atoms with van der Waals surface area (Å²) in [5.74, 6) is 0.0700. The van der Waals surface area contributed by atoms with Crippen molar-refractivity contribution in [1.82, 2.24) is 0 Å². The van der Waals surface area contributed by atoms with Crippen molar-refractivity contribution >= 4 is 5.97 Å². The van der Waals surface area contributed by atoms with Gasteiger partial charge in [-0.1, -0.05) is 0 Å². The third-order valence-corrected chi connectivity index (χ3v) is 1.03. The SMILES string of the molecule is CC=C1OC(=O)C=C1N. The summed E-state index contributed by atoms with van der Waals surface area (Å²) in [6, 6.07) is 0. The lowest BCUT2D eigenvalue weighted by molar-refractivity contribution is -0.132. The van der Waals surface area contributed by atoms with Gasteiger partial charge < -0.3 is 10.5 Å². The molecule has 0 aromatic rings. The molecule has 0 atom stereocenters. The van der Waals surface area contributed by atoms with E-state index in [1.54, 1.807) is 13.0 Å². The number of allylic oxidation sites excluding steroid dienone is 1. The average molecular weight is 125 g/mol. The first kappa shape index (κ1) is 5.88. The largest absolute Gasteiger partial charge is 0.421 e. The molecular weight excluding hydrogens is 118 g/mol. The normalized spacial score (nSPS) is 22.1. The Morgan fingerprint density at radius 2 is 2.44 bits per heavy atom. The number of hydrogen-bond acceptors (Lipinski definition) is 3. The predicted octanol–water partition coefficient (Wildman–Crippen LogP) is 0.290. The van der Waals surface area contributed by atoms with Crippen molar-refractivity contribution in [3.05, 3.63) is 23.6 Å². The molecule has 0 fully saturated rings. The van der Waals surface area contributed by atoms with Crippen LogP contribution in [-0.4, -0.2) is 5.97 Å². The fourth-order valence-electron chi connectivity index (χ4n) is 0.620. The Morgan fingerprint density at radius 1 is 1.78 bits per heavy atom. The molecule has 2 N–H and O–H groups in total. The van der Waals surface area contributed by atoms with Gasteiger partial charge >= 0.3 is 5.97 Å². The molecule has 1 aliphatic rings. The Labute approximate surface area is 52.8 Å². The molecule has 0 amide bonds. The molecule has 0 aromatic carbocycles. The van der Waals surface area contributed by atoms with E-state index >= 15 is 0 Å². The highest BCUT2D eigenvalue weighted by molar-refractivity contribution is 5.87. The van der Waals surface area contributed by atoms with Gasteiger partial charge in [0.25, 0.3) is 0 Å². The smallest absolute Gasteiger partial charge is 0.338 e. The summed E-state index contributed by atoms with van der Waals surface area (Å²) in [7, 11) is 0. The van der Waals surface area contributed by atoms with Crippen LogP contribution in [0.4, 0.5) is 0 Å². The van der Waals surface area contributed by atoms with Crippen LogP contribution in [0.15, 0.2) is 23.6 Å². The van der Waals surface area contributed by atoms with E-state index in [1.807, 2.05) is 0 Å². The Morgan fingerprint density at radius 3 is 2.67 bits per heavy atom. The molecule has 0 saturated carbocycles. The number of esters is 1. The number of carbonyl (C=O) groups is 1. The van der Waals surface area contributed by atoms with Crippen molar-refractivity contribution < 1.29 is 9.53 Å². The van der Waals surface area contributed by atoms with Gasteiger partial charge in [0.2, 0.25) is 0 Å². The molecular formula is C6H7NO2. The standard InChI is InChI=1S/C6H7NO2/c1-2-5-4(7)3-6(8)9-5/h2-3H,7H2,1H3. The third kappa shape index (κ3) is 0.937. The van der Waals surface area contributed by atoms with Crippen LogP contribution in [0.2, 0.25) is 0 Å². The van der Waals surface area contributed by atoms with Gasteiger partial charge in [-0.15, -0.1) is 0 Å². The van der Waals surface area contributed by atoms with Crippen LogP contribution >= 0.6 is 0 Å². The Balaban J connectivity index is 2.89. The van der Waals surface area contributed by atoms with Crippen LogP contribution in [0, 0.1) is 0 Å². The second-order valence-electron chi connectivity index (χ2n) is 1.67. The van der Waals surface area contributed by atoms with Crippen molar-refractivity contribution in [1.29, 1.82) is 0 Å². The lowest BCUT2D eigenvalue weighted by atomic mass is 10.4. The summed E-state index contributed by atoms with van der Waals surface area (Å²) in [4.78, 5) is 10.4. The summed E-state index contributed by atoms with van der Waals surface area (Å²) >= 11 is 0. The minimum absolute atomic E-state index is 0.388. The monoisotopic (exact) mass is 125 g/mol. The number of cyclic esters (lactones) is 1. The zero-order chi connectivity index (χ0) is 6.85. The zero-order valence-electron chi connectivity index (χ0n) is 5.05. The van der Waals surface area contributed by atoms with Crippen molar-refractivity contribution in [3.63, 3.8) is 0 Å². The number of rotatable bonds is 0. The van der Waals surface area contributed by atoms with Crippen LogP contribution in [0.5, 0.6) is 0 Å². The highest BCUT2D eigenvalue weighted by Gasteiger charge is 2.15. The molecule has 48 valence electrons. The molecule has 0 spiro atoms. The van der Waals surface area contributed by atoms with E-state index in [0.29, 0.717) is 11.5 Å². The van der Waals surface area contributed by atoms with Crippen LogP contribution in [0.25, 0.3) is 0 Å². The Kier molecular flexibility index (Phi) is 1.26. The van der Waals surface area contributed by atoms with Gasteiger partial charge in [-0.3, -0.25) is 0 Å². The minimum atomic E-state index is -0.388. The lowest BCUT2D eigenvalue weighted by Gasteiger charge is -1.94. The molecule has 0 radical (unpaired) electrons. The van der Waals surface area contributed by atoms with Gasteiger partial charge in [0, 0.05) is 0 Å². The fourth-order valence-corrected chi connectivity index (χ4v) is 0.620. The molecule has 1 heterocycles. The quantitative estimate of drug-likeness (QED) is 0.473. The summed E-state index contributed by atoms with van der Waals surface area (Å²) in [5, 5.41) is 0. The predicted molar refractivity (Wildman–Crippen MR) is 32.1 cm³/mol. The summed E-state index contributed by atoms with van der Waals surface area (Å²) < 4.78 is 4.63. The van der Waals surface area contributed by atoms with E-state index in [1.165, 1.54) is 6.08 Å². The summed E-state index contributed by atoms with van der Waals surface area (Å²) in [6.07, 6.45) is 2.91. The first-order valence-corrected chi connectivity index (χ1v) is 2.59. The van der Waals surface area contributed by atoms with Crippen molar-refractivity contribution in [2.75, 3.05) is 0 Å². The molecule has 0 saturated heterocycles. The van der Waals surface area contributed by atoms with Crippen LogP contribution in [0.1, 0.15) is 6.92 Å². The molecule has 1 rings (SSSR count). The summed E-state index contributed by atoms with van der Waals surface area (Å²) in [5.41, 5.74) is 5.73. The summed E-state index contributed by atoms with van der Waals surface area (Å²) in [6.45, 7) is 1.76. The van der Waals surface area contributed by atoms with Crippen LogP contribution in [-0.2, 0) is 9.53 Å². The molecule has 3 heteroatoms. The fraction of sp³-hybridized carbons (Fsp3) is 0.167. The maximum absolute atomic E-state index is 10.4. The number of ether oxygens (including phenoxy) is 1. The topological polar surface area (TPSA) is 52.3 Å². The van der Waals surface area contributed by atoms with E-state index in [0.717, 1.165) is 0 Å². The van der Waals surface area contributed by atoms with Gasteiger partial charge in [0.1, 0.15) is 5.76 Å². The number of carbonyl (C=O) groups excluding carboxylic acids is 1. The van der Waals surface area contributed by atoms with Gasteiger partial charge in [-0.05, 0) is 13.0 Å². The molecule has 1 aliphatic heterocycles. The van der Waals surface area contributed by atoms with E-state index in [9.17, 15) is 4.79 Å². The highest BCUT2D eigenvalue weighted by Crippen LogP contribution is 2.13. The second-order valence-corrected chi connectivity index (χ2v) is 1.67. The van der Waals surface area contributed by atoms with Gasteiger partial charge in [0.15, 0.2) is 0 Å². The van der Waals surface area contributed by atoms with Crippen LogP contribution < -0.4 is 5.73 Å². The van der Waals surface area contributed by atoms with Crippen molar-refractivity contribution in [3.8, 4) is 0 Å². The number of hydrogen-bond donors (Lipinski definition) is 1. The van der Waals surface area contributed by atoms with Gasteiger partial charge in [-0.2, -0.15) is 0 Å². The van der Waals surface area contributed by atoms with Gasteiger partial charge in [0.05, 0.1) is 11.8 Å². The zero-order valence-corrected chi connectivity index (χ0v) is 5.05. The van der Waals surface area contributed by atoms with Crippen molar-refractivity contribution in [2.24, 2.45) is 5.73 Å². The van der Waals surface area contributed by atoms with E-state index in [4.69, 9.17) is 5.73 Å². The highest BCUT2D eigenvalue weighted by atomic mass is 16.5. The molecule has 3 nitrogen and oxygen atoms in total. The van der Waals surface area contributed by atoms with Crippen LogP contribution in [0.3, 0.4) is 0 Å². The minimum Gasteiger partial charge on any atom is -0.421 e. The first-order valence-electron chi connectivity index (χ1n) is 2.59. The molecule has 9 heavy (non-hydrogen) atoms. The van der Waals surface area contributed by atoms with E-state index in [2.05, 4.69) is 4.74 Å².